The molecule has 1 N–H and O–H groups in total. The van der Waals surface area contributed by atoms with Gasteiger partial charge in [0.1, 0.15) is 18.7 Å². The second-order valence-corrected chi connectivity index (χ2v) is 5.11. The summed E-state index contributed by atoms with van der Waals surface area (Å²) in [4.78, 5) is 24.2. The summed E-state index contributed by atoms with van der Waals surface area (Å²) in [5, 5.41) is 12.1. The van der Waals surface area contributed by atoms with Crippen molar-refractivity contribution in [3.63, 3.8) is 0 Å². The summed E-state index contributed by atoms with van der Waals surface area (Å²) < 4.78 is 11.2. The van der Waals surface area contributed by atoms with E-state index in [9.17, 15) is 4.79 Å². The van der Waals surface area contributed by atoms with Crippen molar-refractivity contribution in [3.05, 3.63) is 24.2 Å². The number of nitrogens with one attached hydrogen (secondary N) is 1. The van der Waals surface area contributed by atoms with Gasteiger partial charge in [-0.25, -0.2) is 14.6 Å². The van der Waals surface area contributed by atoms with Crippen LogP contribution in [-0.4, -0.2) is 43.0 Å². The summed E-state index contributed by atoms with van der Waals surface area (Å²) in [5.41, 5.74) is 0.539. The predicted molar refractivity (Wildman–Crippen MR) is 83.0 cm³/mol. The average Bonchev–Trinajstić information content (AvgIpc) is 3.19. The highest BCUT2D eigenvalue weighted by Crippen LogP contribution is 2.24. The number of nitrogens with zero attached hydrogens (tertiary/aromatic N) is 6. The lowest BCUT2D eigenvalue weighted by Crippen LogP contribution is -2.14. The van der Waals surface area contributed by atoms with Crippen molar-refractivity contribution < 1.29 is 14.1 Å². The van der Waals surface area contributed by atoms with Gasteiger partial charge in [-0.1, -0.05) is 12.1 Å². The molecule has 1 unspecified atom stereocenters. The highest BCUT2D eigenvalue weighted by Gasteiger charge is 2.19. The molecule has 0 amide bonds. The molecule has 0 saturated heterocycles. The van der Waals surface area contributed by atoms with E-state index in [2.05, 4.69) is 35.3 Å². The molecule has 3 aromatic rings. The van der Waals surface area contributed by atoms with Gasteiger partial charge in [0.2, 0.25) is 5.89 Å². The molecule has 3 aromatic heterocycles. The quantitative estimate of drug-likeness (QED) is 0.665. The minimum absolute atomic E-state index is 0.0162. The number of rotatable bonds is 6. The Morgan fingerprint density at radius 2 is 2.29 bits per heavy atom. The number of anilines is 1. The van der Waals surface area contributed by atoms with Gasteiger partial charge in [-0.2, -0.15) is 10.1 Å². The molecule has 10 heteroatoms. The van der Waals surface area contributed by atoms with Crippen LogP contribution in [0, 0.1) is 6.92 Å². The molecule has 0 saturated carbocycles. The Morgan fingerprint density at radius 1 is 1.46 bits per heavy atom. The van der Waals surface area contributed by atoms with Crippen LogP contribution in [0.4, 0.5) is 5.82 Å². The normalized spacial score (nSPS) is 12.3. The van der Waals surface area contributed by atoms with Crippen LogP contribution in [0.2, 0.25) is 0 Å². The molecule has 24 heavy (non-hydrogen) atoms. The molecule has 0 bridgehead atoms. The Morgan fingerprint density at radius 3 is 2.96 bits per heavy atom. The molecular formula is C14H17N7O3. The molecule has 0 radical (unpaired) electrons. The lowest BCUT2D eigenvalue weighted by Gasteiger charge is -2.14. The van der Waals surface area contributed by atoms with Crippen LogP contribution in [0.3, 0.4) is 0 Å². The maximum Gasteiger partial charge on any atom is 0.327 e. The fraction of sp³-hybridized carbons (Fsp3) is 0.429. The summed E-state index contributed by atoms with van der Waals surface area (Å²) >= 11 is 0. The standard InChI is InChI=1S/C14H17N7O3/c1-4-10(13-18-8(2)24-20-13)19-12-9-5-17-21(6-11(22)23-3)14(9)16-7-15-12/h5,7,10H,4,6H2,1-3H3,(H,15,16,19). The number of methoxy groups -OCH3 is 1. The van der Waals surface area contributed by atoms with Crippen LogP contribution >= 0.6 is 0 Å². The molecule has 126 valence electrons. The molecule has 0 fully saturated rings. The first-order valence-electron chi connectivity index (χ1n) is 7.42. The van der Waals surface area contributed by atoms with E-state index in [1.807, 2.05) is 6.92 Å². The van der Waals surface area contributed by atoms with E-state index in [-0.39, 0.29) is 12.6 Å². The van der Waals surface area contributed by atoms with Crippen molar-refractivity contribution >= 4 is 22.8 Å². The fourth-order valence-corrected chi connectivity index (χ4v) is 2.28. The predicted octanol–water partition coefficient (Wildman–Crippen LogP) is 1.25. The number of hydrogen-bond acceptors (Lipinski definition) is 9. The maximum atomic E-state index is 11.5. The van der Waals surface area contributed by atoms with Crippen molar-refractivity contribution in [3.8, 4) is 0 Å². The smallest absolute Gasteiger partial charge is 0.327 e. The molecule has 10 nitrogen and oxygen atoms in total. The summed E-state index contributed by atoms with van der Waals surface area (Å²) in [6.07, 6.45) is 3.75. The van der Waals surface area contributed by atoms with Crippen molar-refractivity contribution in [2.45, 2.75) is 32.9 Å². The number of hydrogen-bond donors (Lipinski definition) is 1. The van der Waals surface area contributed by atoms with E-state index in [4.69, 9.17) is 4.52 Å². The minimum atomic E-state index is -0.401. The Labute approximate surface area is 137 Å². The Hall–Kier alpha value is -3.04. The number of ether oxygens (including phenoxy) is 1. The van der Waals surface area contributed by atoms with E-state index in [0.29, 0.717) is 28.6 Å². The van der Waals surface area contributed by atoms with Crippen molar-refractivity contribution in [2.24, 2.45) is 0 Å². The Bertz CT molecular complexity index is 857. The van der Waals surface area contributed by atoms with Crippen LogP contribution in [0.25, 0.3) is 11.0 Å². The van der Waals surface area contributed by atoms with E-state index in [1.54, 1.807) is 13.1 Å². The van der Waals surface area contributed by atoms with Gasteiger partial charge in [-0.3, -0.25) is 4.79 Å². The van der Waals surface area contributed by atoms with Crippen LogP contribution in [0.5, 0.6) is 0 Å². The number of carbonyl (C=O) groups is 1. The summed E-state index contributed by atoms with van der Waals surface area (Å²) in [6.45, 7) is 3.73. The van der Waals surface area contributed by atoms with E-state index >= 15 is 0 Å². The minimum Gasteiger partial charge on any atom is -0.468 e. The second-order valence-electron chi connectivity index (χ2n) is 5.11. The lowest BCUT2D eigenvalue weighted by atomic mass is 10.2. The number of fused-ring (bicyclic) bond motifs is 1. The van der Waals surface area contributed by atoms with E-state index < -0.39 is 5.97 Å². The summed E-state index contributed by atoms with van der Waals surface area (Å²) in [5.74, 6) is 1.25. The van der Waals surface area contributed by atoms with Crippen LogP contribution in [-0.2, 0) is 16.1 Å². The molecule has 0 aliphatic heterocycles. The monoisotopic (exact) mass is 331 g/mol. The third-order valence-electron chi connectivity index (χ3n) is 3.51. The van der Waals surface area contributed by atoms with Gasteiger partial charge in [0.15, 0.2) is 11.5 Å². The fourth-order valence-electron chi connectivity index (χ4n) is 2.28. The molecule has 3 heterocycles. The number of aryl methyl sites for hydroxylation is 1. The van der Waals surface area contributed by atoms with Crippen molar-refractivity contribution in [1.29, 1.82) is 0 Å². The summed E-state index contributed by atoms with van der Waals surface area (Å²) in [7, 11) is 1.33. The number of aromatic nitrogens is 6. The third-order valence-corrected chi connectivity index (χ3v) is 3.51. The zero-order chi connectivity index (χ0) is 17.1. The lowest BCUT2D eigenvalue weighted by molar-refractivity contribution is -0.141. The van der Waals surface area contributed by atoms with Crippen molar-refractivity contribution in [2.75, 3.05) is 12.4 Å². The molecule has 0 aliphatic rings. The number of carbonyl (C=O) groups excluding carboxylic acids is 1. The topological polar surface area (TPSA) is 121 Å². The SMILES string of the molecule is CCC(Nc1ncnc2c1cnn2CC(=O)OC)c1noc(C)n1. The largest absolute Gasteiger partial charge is 0.468 e. The zero-order valence-electron chi connectivity index (χ0n) is 13.6. The van der Waals surface area contributed by atoms with Gasteiger partial charge < -0.3 is 14.6 Å². The maximum absolute atomic E-state index is 11.5. The molecule has 3 rings (SSSR count). The molecule has 0 aliphatic carbocycles. The van der Waals surface area contributed by atoms with Gasteiger partial charge in [0, 0.05) is 6.92 Å². The number of esters is 1. The van der Waals surface area contributed by atoms with Gasteiger partial charge in [0.05, 0.1) is 24.7 Å². The molecule has 0 spiro atoms. The van der Waals surface area contributed by atoms with Gasteiger partial charge in [0.25, 0.3) is 0 Å². The molecular weight excluding hydrogens is 314 g/mol. The zero-order valence-corrected chi connectivity index (χ0v) is 13.6. The first-order chi connectivity index (χ1) is 11.6. The van der Waals surface area contributed by atoms with E-state index in [0.717, 1.165) is 6.42 Å². The van der Waals surface area contributed by atoms with Gasteiger partial charge >= 0.3 is 5.97 Å². The first-order valence-corrected chi connectivity index (χ1v) is 7.42. The Kier molecular flexibility index (Phi) is 4.36. The van der Waals surface area contributed by atoms with Crippen LogP contribution < -0.4 is 5.32 Å². The first kappa shape index (κ1) is 15.8. The van der Waals surface area contributed by atoms with Crippen molar-refractivity contribution in [1.82, 2.24) is 29.9 Å². The second kappa shape index (κ2) is 6.60. The molecule has 1 atom stereocenters. The Balaban J connectivity index is 1.90. The summed E-state index contributed by atoms with van der Waals surface area (Å²) in [6, 6.07) is -0.162. The molecule has 0 aromatic carbocycles. The van der Waals surface area contributed by atoms with E-state index in [1.165, 1.54) is 18.1 Å². The van der Waals surface area contributed by atoms with Crippen LogP contribution in [0.1, 0.15) is 31.1 Å². The average molecular weight is 331 g/mol. The highest BCUT2D eigenvalue weighted by atomic mass is 16.5. The highest BCUT2D eigenvalue weighted by molar-refractivity contribution is 5.87. The van der Waals surface area contributed by atoms with Gasteiger partial charge in [-0.15, -0.1) is 0 Å². The van der Waals surface area contributed by atoms with Gasteiger partial charge in [-0.05, 0) is 6.42 Å². The third kappa shape index (κ3) is 3.03. The van der Waals surface area contributed by atoms with Crippen LogP contribution in [0.15, 0.2) is 17.0 Å².